The predicted molar refractivity (Wildman–Crippen MR) is 77.0 cm³/mol. The molecule has 1 unspecified atom stereocenters. The van der Waals surface area contributed by atoms with Gasteiger partial charge < -0.3 is 10.8 Å². The van der Waals surface area contributed by atoms with Gasteiger partial charge in [-0.1, -0.05) is 0 Å². The molecule has 1 aromatic heterocycles. The van der Waals surface area contributed by atoms with E-state index in [2.05, 4.69) is 5.10 Å². The fourth-order valence-corrected chi connectivity index (χ4v) is 5.67. The van der Waals surface area contributed by atoms with E-state index < -0.39 is 6.10 Å². The van der Waals surface area contributed by atoms with Gasteiger partial charge in [-0.3, -0.25) is 4.68 Å². The van der Waals surface area contributed by atoms with Crippen LogP contribution in [0.15, 0.2) is 6.20 Å². The Bertz CT molecular complexity index is 482. The lowest BCUT2D eigenvalue weighted by molar-refractivity contribution is -0.00380. The van der Waals surface area contributed by atoms with Crippen LogP contribution in [-0.4, -0.2) is 21.4 Å². The number of aliphatic hydroxyl groups excluding tert-OH is 1. The molecular formula is C16H25N3O. The maximum atomic E-state index is 10.2. The molecule has 1 heterocycles. The molecule has 0 spiro atoms. The first-order valence-electron chi connectivity index (χ1n) is 8.07. The number of aliphatic hydroxyl groups is 1. The van der Waals surface area contributed by atoms with Crippen LogP contribution < -0.4 is 5.73 Å². The summed E-state index contributed by atoms with van der Waals surface area (Å²) in [6.07, 6.45) is 8.48. The number of nitrogens with zero attached hydrogens (tertiary/aromatic N) is 2. The fraction of sp³-hybridized carbons (Fsp3) is 0.812. The Morgan fingerprint density at radius 3 is 2.40 bits per heavy atom. The quantitative estimate of drug-likeness (QED) is 0.886. The van der Waals surface area contributed by atoms with Crippen molar-refractivity contribution in [2.45, 2.75) is 44.1 Å². The summed E-state index contributed by atoms with van der Waals surface area (Å²) in [5, 5.41) is 14.7. The zero-order valence-electron chi connectivity index (χ0n) is 12.2. The predicted octanol–water partition coefficient (Wildman–Crippen LogP) is 1.95. The van der Waals surface area contributed by atoms with Crippen LogP contribution in [0.25, 0.3) is 0 Å². The highest BCUT2D eigenvalue weighted by molar-refractivity contribution is 5.28. The standard InChI is InChI=1S/C16H25N3O/c1-19-16(14(20)7-17)13(8-18-19)15-11-3-9-2-10(5-11)6-12(15)4-9/h8-12,14-15,20H,2-7,17H2,1H3. The first-order chi connectivity index (χ1) is 9.67. The van der Waals surface area contributed by atoms with Gasteiger partial charge >= 0.3 is 0 Å². The molecule has 4 aliphatic rings. The van der Waals surface area contributed by atoms with Crippen LogP contribution in [0.3, 0.4) is 0 Å². The largest absolute Gasteiger partial charge is 0.385 e. The van der Waals surface area contributed by atoms with Gasteiger partial charge in [-0.15, -0.1) is 0 Å². The van der Waals surface area contributed by atoms with Crippen LogP contribution in [0.4, 0.5) is 0 Å². The topological polar surface area (TPSA) is 64.1 Å². The third-order valence-electron chi connectivity index (χ3n) is 6.14. The Labute approximate surface area is 120 Å². The molecule has 110 valence electrons. The number of hydrogen-bond donors (Lipinski definition) is 2. The molecule has 4 nitrogen and oxygen atoms in total. The second kappa shape index (κ2) is 4.57. The number of hydrogen-bond acceptors (Lipinski definition) is 3. The maximum absolute atomic E-state index is 10.2. The third-order valence-corrected chi connectivity index (χ3v) is 6.14. The molecule has 3 N–H and O–H groups in total. The Morgan fingerprint density at radius 2 is 1.85 bits per heavy atom. The van der Waals surface area contributed by atoms with Gasteiger partial charge in [0, 0.05) is 13.6 Å². The van der Waals surface area contributed by atoms with Crippen molar-refractivity contribution < 1.29 is 5.11 Å². The van der Waals surface area contributed by atoms with Gasteiger partial charge in [0.1, 0.15) is 6.10 Å². The van der Waals surface area contributed by atoms with E-state index in [9.17, 15) is 5.11 Å². The molecule has 0 amide bonds. The van der Waals surface area contributed by atoms with Gasteiger partial charge in [-0.25, -0.2) is 0 Å². The smallest absolute Gasteiger partial charge is 0.108 e. The van der Waals surface area contributed by atoms with Crippen molar-refractivity contribution in [1.29, 1.82) is 0 Å². The van der Waals surface area contributed by atoms with Crippen molar-refractivity contribution in [3.8, 4) is 0 Å². The molecule has 0 radical (unpaired) electrons. The Kier molecular flexibility index (Phi) is 2.93. The highest BCUT2D eigenvalue weighted by Crippen LogP contribution is 2.60. The molecule has 4 heteroatoms. The van der Waals surface area contributed by atoms with Crippen molar-refractivity contribution in [2.75, 3.05) is 6.54 Å². The molecule has 1 aromatic rings. The van der Waals surface area contributed by atoms with E-state index in [1.807, 2.05) is 17.9 Å². The van der Waals surface area contributed by atoms with Gasteiger partial charge in [-0.05, 0) is 67.3 Å². The van der Waals surface area contributed by atoms with Gasteiger partial charge in [0.2, 0.25) is 0 Å². The molecule has 0 saturated heterocycles. The van der Waals surface area contributed by atoms with Crippen LogP contribution in [-0.2, 0) is 7.05 Å². The van der Waals surface area contributed by atoms with Crippen molar-refractivity contribution >= 4 is 0 Å². The maximum Gasteiger partial charge on any atom is 0.108 e. The summed E-state index contributed by atoms with van der Waals surface area (Å²) in [5.74, 6) is 4.22. The first kappa shape index (κ1) is 12.8. The second-order valence-corrected chi connectivity index (χ2v) is 7.32. The van der Waals surface area contributed by atoms with E-state index in [-0.39, 0.29) is 6.54 Å². The summed E-state index contributed by atoms with van der Waals surface area (Å²) < 4.78 is 1.83. The fourth-order valence-electron chi connectivity index (χ4n) is 5.67. The van der Waals surface area contributed by atoms with Crippen LogP contribution >= 0.6 is 0 Å². The molecule has 20 heavy (non-hydrogen) atoms. The van der Waals surface area contributed by atoms with E-state index in [0.717, 1.165) is 29.4 Å². The zero-order chi connectivity index (χ0) is 13.9. The van der Waals surface area contributed by atoms with Gasteiger partial charge in [0.05, 0.1) is 11.9 Å². The number of rotatable bonds is 3. The second-order valence-electron chi connectivity index (χ2n) is 7.32. The van der Waals surface area contributed by atoms with Crippen molar-refractivity contribution in [3.05, 3.63) is 17.5 Å². The molecule has 4 fully saturated rings. The van der Waals surface area contributed by atoms with Crippen LogP contribution in [0.1, 0.15) is 55.4 Å². The zero-order valence-corrected chi connectivity index (χ0v) is 12.2. The highest BCUT2D eigenvalue weighted by atomic mass is 16.3. The lowest BCUT2D eigenvalue weighted by atomic mass is 9.50. The summed E-state index contributed by atoms with van der Waals surface area (Å²) in [5.41, 5.74) is 7.94. The minimum atomic E-state index is -0.574. The molecule has 4 aliphatic carbocycles. The van der Waals surface area contributed by atoms with Crippen LogP contribution in [0, 0.1) is 23.7 Å². The minimum Gasteiger partial charge on any atom is -0.385 e. The summed E-state index contributed by atoms with van der Waals surface area (Å²) >= 11 is 0. The molecule has 5 rings (SSSR count). The molecule has 0 aliphatic heterocycles. The average molecular weight is 275 g/mol. The molecule has 4 bridgehead atoms. The van der Waals surface area contributed by atoms with E-state index in [4.69, 9.17) is 5.73 Å². The summed E-state index contributed by atoms with van der Waals surface area (Å²) in [6, 6.07) is 0. The molecule has 4 saturated carbocycles. The first-order valence-corrected chi connectivity index (χ1v) is 8.07. The molecule has 0 aromatic carbocycles. The van der Waals surface area contributed by atoms with Gasteiger partial charge in [0.15, 0.2) is 0 Å². The van der Waals surface area contributed by atoms with Crippen molar-refractivity contribution in [2.24, 2.45) is 36.5 Å². The Balaban J connectivity index is 1.71. The number of aryl methyl sites for hydroxylation is 1. The van der Waals surface area contributed by atoms with Crippen molar-refractivity contribution in [3.63, 3.8) is 0 Å². The van der Waals surface area contributed by atoms with E-state index in [1.54, 1.807) is 0 Å². The number of nitrogens with two attached hydrogens (primary N) is 1. The highest BCUT2D eigenvalue weighted by Gasteiger charge is 2.49. The molecule has 1 atom stereocenters. The lowest BCUT2D eigenvalue weighted by Gasteiger charge is -2.54. The van der Waals surface area contributed by atoms with Crippen LogP contribution in [0.5, 0.6) is 0 Å². The normalized spacial score (nSPS) is 40.2. The van der Waals surface area contributed by atoms with Crippen molar-refractivity contribution in [1.82, 2.24) is 9.78 Å². The van der Waals surface area contributed by atoms with E-state index in [1.165, 1.54) is 37.7 Å². The SMILES string of the molecule is Cn1ncc(C2C3CC4CC(C3)CC2C4)c1C(O)CN. The van der Waals surface area contributed by atoms with E-state index >= 15 is 0 Å². The van der Waals surface area contributed by atoms with E-state index in [0.29, 0.717) is 5.92 Å². The average Bonchev–Trinajstić information content (AvgIpc) is 2.78. The Morgan fingerprint density at radius 1 is 1.25 bits per heavy atom. The lowest BCUT2D eigenvalue weighted by Crippen LogP contribution is -2.44. The minimum absolute atomic E-state index is 0.278. The summed E-state index contributed by atoms with van der Waals surface area (Å²) in [4.78, 5) is 0. The Hall–Kier alpha value is -0.870. The van der Waals surface area contributed by atoms with Gasteiger partial charge in [0.25, 0.3) is 0 Å². The molecular weight excluding hydrogens is 250 g/mol. The van der Waals surface area contributed by atoms with Crippen LogP contribution in [0.2, 0.25) is 0 Å². The third kappa shape index (κ3) is 1.77. The summed E-state index contributed by atoms with van der Waals surface area (Å²) in [7, 11) is 1.92. The monoisotopic (exact) mass is 275 g/mol. The van der Waals surface area contributed by atoms with Gasteiger partial charge in [-0.2, -0.15) is 5.10 Å². The number of aromatic nitrogens is 2. The summed E-state index contributed by atoms with van der Waals surface area (Å²) in [6.45, 7) is 0.278.